The van der Waals surface area contributed by atoms with Crippen molar-refractivity contribution in [2.75, 3.05) is 13.2 Å². The van der Waals surface area contributed by atoms with Crippen LogP contribution in [0.1, 0.15) is 18.1 Å². The predicted octanol–water partition coefficient (Wildman–Crippen LogP) is 2.04. The Morgan fingerprint density at radius 1 is 1.10 bits per heavy atom. The van der Waals surface area contributed by atoms with Gasteiger partial charge < -0.3 is 20.5 Å². The first-order valence-corrected chi connectivity index (χ1v) is 9.04. The second-order valence-corrected chi connectivity index (χ2v) is 6.26. The van der Waals surface area contributed by atoms with Crippen molar-refractivity contribution >= 4 is 23.9 Å². The third-order valence-corrected chi connectivity index (χ3v) is 4.09. The van der Waals surface area contributed by atoms with Crippen molar-refractivity contribution in [2.45, 2.75) is 13.5 Å². The minimum atomic E-state index is -0.601. The average molecular weight is 395 g/mol. The lowest BCUT2D eigenvalue weighted by molar-refractivity contribution is -0.123. The first-order valence-electron chi connectivity index (χ1n) is 9.04. The van der Waals surface area contributed by atoms with Gasteiger partial charge in [0.1, 0.15) is 5.70 Å². The van der Waals surface area contributed by atoms with E-state index in [1.165, 1.54) is 0 Å². The number of rotatable bonds is 8. The van der Waals surface area contributed by atoms with Gasteiger partial charge in [-0.05, 0) is 36.3 Å². The molecule has 1 aliphatic heterocycles. The number of imide groups is 1. The van der Waals surface area contributed by atoms with Crippen molar-refractivity contribution in [2.24, 2.45) is 5.73 Å². The largest absolute Gasteiger partial charge is 0.490 e. The fourth-order valence-electron chi connectivity index (χ4n) is 2.80. The fraction of sp³-hybridized carbons (Fsp3) is 0.190. The molecule has 2 aromatic carbocycles. The van der Waals surface area contributed by atoms with E-state index in [0.29, 0.717) is 23.7 Å². The van der Waals surface area contributed by atoms with Crippen LogP contribution in [0.15, 0.2) is 54.2 Å². The lowest BCUT2D eigenvalue weighted by Gasteiger charge is -2.12. The molecule has 1 heterocycles. The van der Waals surface area contributed by atoms with E-state index in [0.717, 1.165) is 10.5 Å². The average Bonchev–Trinajstić information content (AvgIpc) is 2.96. The van der Waals surface area contributed by atoms with Gasteiger partial charge in [-0.3, -0.25) is 14.5 Å². The zero-order valence-electron chi connectivity index (χ0n) is 15.9. The zero-order valence-corrected chi connectivity index (χ0v) is 15.9. The number of carbonyl (C=O) groups is 3. The fourth-order valence-corrected chi connectivity index (χ4v) is 2.80. The Labute approximate surface area is 167 Å². The number of carbonyl (C=O) groups excluding carboxylic acids is 3. The predicted molar refractivity (Wildman–Crippen MR) is 106 cm³/mol. The molecule has 1 saturated heterocycles. The second-order valence-electron chi connectivity index (χ2n) is 6.26. The van der Waals surface area contributed by atoms with E-state index in [-0.39, 0.29) is 18.8 Å². The van der Waals surface area contributed by atoms with E-state index in [2.05, 4.69) is 5.32 Å². The first kappa shape index (κ1) is 19.9. The zero-order chi connectivity index (χ0) is 20.8. The van der Waals surface area contributed by atoms with Gasteiger partial charge in [0.05, 0.1) is 13.2 Å². The molecule has 150 valence electrons. The van der Waals surface area contributed by atoms with Crippen molar-refractivity contribution in [1.29, 1.82) is 0 Å². The summed E-state index contributed by atoms with van der Waals surface area (Å²) >= 11 is 0. The van der Waals surface area contributed by atoms with Crippen molar-refractivity contribution < 1.29 is 23.9 Å². The molecule has 0 radical (unpaired) electrons. The maximum Gasteiger partial charge on any atom is 0.329 e. The monoisotopic (exact) mass is 395 g/mol. The van der Waals surface area contributed by atoms with E-state index in [1.54, 1.807) is 24.3 Å². The summed E-state index contributed by atoms with van der Waals surface area (Å²) in [6.07, 6.45) is 1.56. The van der Waals surface area contributed by atoms with Gasteiger partial charge in [0.2, 0.25) is 0 Å². The van der Waals surface area contributed by atoms with Crippen LogP contribution in [-0.2, 0) is 16.1 Å². The van der Waals surface area contributed by atoms with E-state index >= 15 is 0 Å². The standard InChI is InChI=1S/C21H21N3O5/c1-2-28-18-11-15(8-9-17(18)29-13-19(22)25)10-16-20(26)24(21(27)23-16)12-14-6-4-3-5-7-14/h3-11H,2,12-13H2,1H3,(H2,22,25)(H,23,27)/b16-10+. The highest BCUT2D eigenvalue weighted by Crippen LogP contribution is 2.29. The Balaban J connectivity index is 1.80. The molecule has 0 spiro atoms. The van der Waals surface area contributed by atoms with Crippen LogP contribution in [0, 0.1) is 0 Å². The van der Waals surface area contributed by atoms with E-state index in [4.69, 9.17) is 15.2 Å². The molecule has 3 N–H and O–H groups in total. The quantitative estimate of drug-likeness (QED) is 0.525. The van der Waals surface area contributed by atoms with Crippen molar-refractivity contribution in [3.8, 4) is 11.5 Å². The number of urea groups is 1. The Hall–Kier alpha value is -3.81. The maximum atomic E-state index is 12.6. The van der Waals surface area contributed by atoms with Crippen LogP contribution in [0.5, 0.6) is 11.5 Å². The molecule has 0 aromatic heterocycles. The third kappa shape index (κ3) is 4.92. The number of primary amides is 1. The molecule has 8 heteroatoms. The van der Waals surface area contributed by atoms with Gasteiger partial charge in [0, 0.05) is 0 Å². The highest BCUT2D eigenvalue weighted by atomic mass is 16.5. The molecular formula is C21H21N3O5. The summed E-state index contributed by atoms with van der Waals surface area (Å²) in [7, 11) is 0. The van der Waals surface area contributed by atoms with Crippen molar-refractivity contribution in [3.63, 3.8) is 0 Å². The molecule has 0 atom stereocenters. The number of hydrogen-bond acceptors (Lipinski definition) is 5. The van der Waals surface area contributed by atoms with Gasteiger partial charge >= 0.3 is 6.03 Å². The molecule has 0 aliphatic carbocycles. The SMILES string of the molecule is CCOc1cc(/C=C2/NC(=O)N(Cc3ccccc3)C2=O)ccc1OCC(N)=O. The maximum absolute atomic E-state index is 12.6. The number of nitrogens with two attached hydrogens (primary N) is 1. The molecule has 3 rings (SSSR count). The number of hydrogen-bond donors (Lipinski definition) is 2. The highest BCUT2D eigenvalue weighted by Gasteiger charge is 2.33. The summed E-state index contributed by atoms with van der Waals surface area (Å²) in [6.45, 7) is 2.11. The lowest BCUT2D eigenvalue weighted by atomic mass is 10.1. The number of benzene rings is 2. The van der Waals surface area contributed by atoms with Gasteiger partial charge in [-0.15, -0.1) is 0 Å². The summed E-state index contributed by atoms with van der Waals surface area (Å²) in [5, 5.41) is 2.59. The molecule has 4 amide bonds. The van der Waals surface area contributed by atoms with Crippen LogP contribution in [0.2, 0.25) is 0 Å². The molecule has 1 fully saturated rings. The summed E-state index contributed by atoms with van der Waals surface area (Å²) in [5.41, 5.74) is 6.75. The molecule has 2 aromatic rings. The van der Waals surface area contributed by atoms with Crippen LogP contribution < -0.4 is 20.5 Å². The minimum Gasteiger partial charge on any atom is -0.490 e. The van der Waals surface area contributed by atoms with Gasteiger partial charge in [-0.2, -0.15) is 0 Å². The summed E-state index contributed by atoms with van der Waals surface area (Å²) in [4.78, 5) is 37.0. The van der Waals surface area contributed by atoms with E-state index in [9.17, 15) is 14.4 Å². The summed E-state index contributed by atoms with van der Waals surface area (Å²) < 4.78 is 10.9. The molecule has 8 nitrogen and oxygen atoms in total. The Bertz CT molecular complexity index is 956. The molecule has 0 bridgehead atoms. The van der Waals surface area contributed by atoms with E-state index < -0.39 is 17.8 Å². The van der Waals surface area contributed by atoms with Crippen LogP contribution >= 0.6 is 0 Å². The highest BCUT2D eigenvalue weighted by molar-refractivity contribution is 6.13. The normalized spacial score (nSPS) is 14.8. The van der Waals surface area contributed by atoms with E-state index in [1.807, 2.05) is 37.3 Å². The van der Waals surface area contributed by atoms with Crippen LogP contribution in [0.3, 0.4) is 0 Å². The molecule has 0 unspecified atom stereocenters. The third-order valence-electron chi connectivity index (χ3n) is 4.09. The number of nitrogens with zero attached hydrogens (tertiary/aromatic N) is 1. The first-order chi connectivity index (χ1) is 14.0. The Morgan fingerprint density at radius 3 is 2.55 bits per heavy atom. The van der Waals surface area contributed by atoms with Crippen LogP contribution in [0.25, 0.3) is 6.08 Å². The second kappa shape index (κ2) is 8.92. The van der Waals surface area contributed by atoms with Gasteiger partial charge in [0.15, 0.2) is 18.1 Å². The minimum absolute atomic E-state index is 0.166. The summed E-state index contributed by atoms with van der Waals surface area (Å²) in [6, 6.07) is 13.7. The molecule has 29 heavy (non-hydrogen) atoms. The Morgan fingerprint density at radius 2 is 1.86 bits per heavy atom. The van der Waals surface area contributed by atoms with Crippen molar-refractivity contribution in [1.82, 2.24) is 10.2 Å². The topological polar surface area (TPSA) is 111 Å². The summed E-state index contributed by atoms with van der Waals surface area (Å²) in [5.74, 6) is -0.247. The Kier molecular flexibility index (Phi) is 6.13. The van der Waals surface area contributed by atoms with Gasteiger partial charge in [-0.1, -0.05) is 36.4 Å². The van der Waals surface area contributed by atoms with Gasteiger partial charge in [0.25, 0.3) is 11.8 Å². The number of ether oxygens (including phenoxy) is 2. The number of nitrogens with one attached hydrogen (secondary N) is 1. The van der Waals surface area contributed by atoms with Crippen molar-refractivity contribution in [3.05, 3.63) is 65.4 Å². The molecular weight excluding hydrogens is 374 g/mol. The molecule has 0 saturated carbocycles. The van der Waals surface area contributed by atoms with Crippen LogP contribution in [-0.4, -0.2) is 36.0 Å². The lowest BCUT2D eigenvalue weighted by Crippen LogP contribution is -2.30. The molecule has 1 aliphatic rings. The smallest absolute Gasteiger partial charge is 0.329 e. The van der Waals surface area contributed by atoms with Gasteiger partial charge in [-0.25, -0.2) is 4.79 Å². The van der Waals surface area contributed by atoms with Crippen LogP contribution in [0.4, 0.5) is 4.79 Å². The number of amides is 4.